The summed E-state index contributed by atoms with van der Waals surface area (Å²) in [6.45, 7) is 0. The normalized spacial score (nSPS) is 19.3. The quantitative estimate of drug-likeness (QED) is 0.906. The number of hydrogen-bond acceptors (Lipinski definition) is 3. The highest BCUT2D eigenvalue weighted by Crippen LogP contribution is 2.38. The zero-order chi connectivity index (χ0) is 14.8. The van der Waals surface area contributed by atoms with Gasteiger partial charge < -0.3 is 14.7 Å². The average molecular weight is 298 g/mol. The summed E-state index contributed by atoms with van der Waals surface area (Å²) in [5, 5.41) is 11.5. The molecule has 4 heteroatoms. The molecule has 1 N–H and O–H groups in total. The van der Waals surface area contributed by atoms with E-state index in [4.69, 9.17) is 16.3 Å². The first-order chi connectivity index (χ1) is 9.49. The van der Waals surface area contributed by atoms with E-state index in [0.717, 1.165) is 24.2 Å². The number of methoxy groups -OCH3 is 1. The molecule has 0 spiro atoms. The van der Waals surface area contributed by atoms with Crippen molar-refractivity contribution in [2.45, 2.75) is 43.7 Å². The second kappa shape index (κ2) is 6.33. The number of rotatable bonds is 5. The number of likely N-dealkylation sites (N-methyl/N-ethyl adjacent to an activating group) is 1. The van der Waals surface area contributed by atoms with Crippen molar-refractivity contribution >= 4 is 11.6 Å². The van der Waals surface area contributed by atoms with Crippen LogP contribution in [-0.2, 0) is 6.42 Å². The lowest BCUT2D eigenvalue weighted by Gasteiger charge is -2.40. The van der Waals surface area contributed by atoms with Crippen molar-refractivity contribution in [2.24, 2.45) is 0 Å². The Labute approximate surface area is 126 Å². The summed E-state index contributed by atoms with van der Waals surface area (Å²) < 4.78 is 5.37. The maximum atomic E-state index is 10.8. The van der Waals surface area contributed by atoms with Gasteiger partial charge in [0.15, 0.2) is 0 Å². The van der Waals surface area contributed by atoms with E-state index < -0.39 is 6.10 Å². The molecule has 1 saturated carbocycles. The molecular formula is C16H24ClNO2. The molecule has 1 fully saturated rings. The highest BCUT2D eigenvalue weighted by Gasteiger charge is 2.42. The molecule has 1 aliphatic rings. The zero-order valence-electron chi connectivity index (χ0n) is 12.5. The number of aliphatic hydroxyl groups excluding tert-OH is 1. The molecule has 2 rings (SSSR count). The van der Waals surface area contributed by atoms with Crippen molar-refractivity contribution in [3.63, 3.8) is 0 Å². The topological polar surface area (TPSA) is 32.7 Å². The van der Waals surface area contributed by atoms with E-state index in [0.29, 0.717) is 11.4 Å². The van der Waals surface area contributed by atoms with Crippen LogP contribution in [0.2, 0.25) is 5.02 Å². The molecule has 20 heavy (non-hydrogen) atoms. The van der Waals surface area contributed by atoms with Crippen LogP contribution >= 0.6 is 11.6 Å². The summed E-state index contributed by atoms with van der Waals surface area (Å²) in [5.41, 5.74) is 0.855. The highest BCUT2D eigenvalue weighted by atomic mass is 35.5. The number of aliphatic hydroxyl groups is 1. The number of benzene rings is 1. The first-order valence-electron chi connectivity index (χ1n) is 7.17. The van der Waals surface area contributed by atoms with E-state index >= 15 is 0 Å². The molecule has 1 aromatic carbocycles. The number of ether oxygens (including phenoxy) is 1. The smallest absolute Gasteiger partial charge is 0.122 e. The Kier molecular flexibility index (Phi) is 4.95. The summed E-state index contributed by atoms with van der Waals surface area (Å²) in [7, 11) is 5.77. The van der Waals surface area contributed by atoms with Gasteiger partial charge in [-0.1, -0.05) is 24.4 Å². The maximum Gasteiger partial charge on any atom is 0.122 e. The summed E-state index contributed by atoms with van der Waals surface area (Å²) in [6.07, 6.45) is 4.62. The maximum absolute atomic E-state index is 10.8. The minimum Gasteiger partial charge on any atom is -0.496 e. The predicted molar refractivity (Wildman–Crippen MR) is 82.6 cm³/mol. The van der Waals surface area contributed by atoms with Gasteiger partial charge in [0.2, 0.25) is 0 Å². The SMILES string of the molecule is COc1ccc(Cl)cc1CC(O)C1(N(C)C)CCCC1. The Hall–Kier alpha value is -0.770. The van der Waals surface area contributed by atoms with Crippen LogP contribution in [0.3, 0.4) is 0 Å². The van der Waals surface area contributed by atoms with Gasteiger partial charge in [-0.2, -0.15) is 0 Å². The Bertz CT molecular complexity index is 456. The van der Waals surface area contributed by atoms with Gasteiger partial charge in [-0.25, -0.2) is 0 Å². The van der Waals surface area contributed by atoms with Gasteiger partial charge in [0.25, 0.3) is 0 Å². The first-order valence-corrected chi connectivity index (χ1v) is 7.55. The molecule has 1 unspecified atom stereocenters. The lowest BCUT2D eigenvalue weighted by atomic mass is 9.85. The molecule has 0 bridgehead atoms. The second-order valence-electron chi connectivity index (χ2n) is 5.88. The fourth-order valence-electron chi connectivity index (χ4n) is 3.37. The molecule has 0 aliphatic heterocycles. The van der Waals surface area contributed by atoms with E-state index in [1.165, 1.54) is 12.8 Å². The van der Waals surface area contributed by atoms with E-state index in [1.807, 2.05) is 18.2 Å². The van der Waals surface area contributed by atoms with Crippen molar-refractivity contribution in [2.75, 3.05) is 21.2 Å². The van der Waals surface area contributed by atoms with Crippen molar-refractivity contribution < 1.29 is 9.84 Å². The molecular weight excluding hydrogens is 274 g/mol. The van der Waals surface area contributed by atoms with Crippen LogP contribution in [0.5, 0.6) is 5.75 Å². The number of nitrogens with zero attached hydrogens (tertiary/aromatic N) is 1. The standard InChI is InChI=1S/C16H24ClNO2/c1-18(2)16(8-4-5-9-16)15(19)11-12-10-13(17)6-7-14(12)20-3/h6-7,10,15,19H,4-5,8-9,11H2,1-3H3. The van der Waals surface area contributed by atoms with Gasteiger partial charge in [-0.3, -0.25) is 0 Å². The van der Waals surface area contributed by atoms with Crippen LogP contribution in [0.4, 0.5) is 0 Å². The second-order valence-corrected chi connectivity index (χ2v) is 6.32. The Morgan fingerprint density at radius 3 is 2.55 bits per heavy atom. The van der Waals surface area contributed by atoms with Crippen LogP contribution in [0.15, 0.2) is 18.2 Å². The van der Waals surface area contributed by atoms with Gasteiger partial charge in [0, 0.05) is 17.0 Å². The van der Waals surface area contributed by atoms with Gasteiger partial charge in [0.1, 0.15) is 5.75 Å². The summed E-state index contributed by atoms with van der Waals surface area (Å²) in [6, 6.07) is 5.57. The highest BCUT2D eigenvalue weighted by molar-refractivity contribution is 6.30. The van der Waals surface area contributed by atoms with Crippen molar-refractivity contribution in [1.82, 2.24) is 4.90 Å². The van der Waals surface area contributed by atoms with Crippen LogP contribution in [-0.4, -0.2) is 42.9 Å². The number of halogens is 1. The molecule has 0 heterocycles. The van der Waals surface area contributed by atoms with E-state index in [1.54, 1.807) is 7.11 Å². The third-order valence-electron chi connectivity index (χ3n) is 4.64. The average Bonchev–Trinajstić information content (AvgIpc) is 2.89. The number of hydrogen-bond donors (Lipinski definition) is 1. The Morgan fingerprint density at radius 2 is 2.00 bits per heavy atom. The Morgan fingerprint density at radius 1 is 1.35 bits per heavy atom. The molecule has 0 radical (unpaired) electrons. The predicted octanol–water partition coefficient (Wildman–Crippen LogP) is 3.13. The van der Waals surface area contributed by atoms with Crippen molar-refractivity contribution in [1.29, 1.82) is 0 Å². The molecule has 112 valence electrons. The monoisotopic (exact) mass is 297 g/mol. The Balaban J connectivity index is 2.22. The van der Waals surface area contributed by atoms with Crippen LogP contribution in [0.25, 0.3) is 0 Å². The minimum atomic E-state index is -0.410. The molecule has 3 nitrogen and oxygen atoms in total. The van der Waals surface area contributed by atoms with Crippen LogP contribution < -0.4 is 4.74 Å². The minimum absolute atomic E-state index is 0.118. The van der Waals surface area contributed by atoms with E-state index in [9.17, 15) is 5.11 Å². The molecule has 1 atom stereocenters. The lowest BCUT2D eigenvalue weighted by Crippen LogP contribution is -2.52. The van der Waals surface area contributed by atoms with E-state index in [-0.39, 0.29) is 5.54 Å². The molecule has 1 aromatic rings. The third kappa shape index (κ3) is 2.95. The summed E-state index contributed by atoms with van der Waals surface area (Å²) in [4.78, 5) is 2.18. The van der Waals surface area contributed by atoms with Gasteiger partial charge in [0.05, 0.1) is 13.2 Å². The molecule has 0 saturated heterocycles. The third-order valence-corrected chi connectivity index (χ3v) is 4.87. The lowest BCUT2D eigenvalue weighted by molar-refractivity contribution is -0.00277. The van der Waals surface area contributed by atoms with Crippen LogP contribution in [0.1, 0.15) is 31.2 Å². The summed E-state index contributed by atoms with van der Waals surface area (Å²) >= 11 is 6.07. The van der Waals surface area contributed by atoms with Crippen LogP contribution in [0, 0.1) is 0 Å². The van der Waals surface area contributed by atoms with Crippen molar-refractivity contribution in [3.8, 4) is 5.75 Å². The first kappa shape index (κ1) is 15.6. The fourth-order valence-corrected chi connectivity index (χ4v) is 3.57. The zero-order valence-corrected chi connectivity index (χ0v) is 13.3. The fraction of sp³-hybridized carbons (Fsp3) is 0.625. The molecule has 0 aromatic heterocycles. The van der Waals surface area contributed by atoms with E-state index in [2.05, 4.69) is 19.0 Å². The largest absolute Gasteiger partial charge is 0.496 e. The molecule has 0 amide bonds. The van der Waals surface area contributed by atoms with Gasteiger partial charge >= 0.3 is 0 Å². The van der Waals surface area contributed by atoms with Gasteiger partial charge in [-0.05, 0) is 50.7 Å². The molecule has 1 aliphatic carbocycles. The summed E-state index contributed by atoms with van der Waals surface area (Å²) in [5.74, 6) is 0.792. The van der Waals surface area contributed by atoms with Gasteiger partial charge in [-0.15, -0.1) is 0 Å². The van der Waals surface area contributed by atoms with Crippen molar-refractivity contribution in [3.05, 3.63) is 28.8 Å².